The first-order valence-electron chi connectivity index (χ1n) is 6.54. The van der Waals surface area contributed by atoms with Crippen molar-refractivity contribution in [2.75, 3.05) is 11.9 Å². The molecule has 2 heterocycles. The third kappa shape index (κ3) is 3.71. The third-order valence-electron chi connectivity index (χ3n) is 2.91. The molecule has 0 saturated heterocycles. The monoisotopic (exact) mass is 287 g/mol. The molecule has 2 aromatic rings. The van der Waals surface area contributed by atoms with E-state index >= 15 is 0 Å². The summed E-state index contributed by atoms with van der Waals surface area (Å²) in [5.41, 5.74) is 0.878. The SMILES string of the molecule is CC(C)c1ncc(CN(C)c2cnc(C(=O)O)cn2)cn1. The molecule has 0 amide bonds. The maximum atomic E-state index is 10.7. The highest BCUT2D eigenvalue weighted by Gasteiger charge is 2.09. The van der Waals surface area contributed by atoms with Crippen molar-refractivity contribution in [3.05, 3.63) is 41.9 Å². The normalized spacial score (nSPS) is 10.7. The molecule has 2 rings (SSSR count). The van der Waals surface area contributed by atoms with Crippen molar-refractivity contribution in [2.24, 2.45) is 0 Å². The molecule has 0 saturated carbocycles. The van der Waals surface area contributed by atoms with Gasteiger partial charge < -0.3 is 10.0 Å². The van der Waals surface area contributed by atoms with E-state index in [1.807, 2.05) is 25.8 Å². The number of carboxylic acids is 1. The first kappa shape index (κ1) is 14.8. The lowest BCUT2D eigenvalue weighted by atomic mass is 10.2. The van der Waals surface area contributed by atoms with Gasteiger partial charge in [-0.05, 0) is 0 Å². The van der Waals surface area contributed by atoms with Crippen LogP contribution in [0.15, 0.2) is 24.8 Å². The van der Waals surface area contributed by atoms with Crippen LogP contribution in [0.5, 0.6) is 0 Å². The summed E-state index contributed by atoms with van der Waals surface area (Å²) in [7, 11) is 1.85. The van der Waals surface area contributed by atoms with E-state index in [0.717, 1.165) is 11.4 Å². The Kier molecular flexibility index (Phi) is 4.42. The minimum atomic E-state index is -1.09. The van der Waals surface area contributed by atoms with Gasteiger partial charge in [0, 0.05) is 37.5 Å². The molecule has 110 valence electrons. The lowest BCUT2D eigenvalue weighted by molar-refractivity contribution is 0.0690. The van der Waals surface area contributed by atoms with Gasteiger partial charge in [-0.15, -0.1) is 0 Å². The van der Waals surface area contributed by atoms with Crippen molar-refractivity contribution >= 4 is 11.8 Å². The van der Waals surface area contributed by atoms with E-state index in [2.05, 4.69) is 19.9 Å². The van der Waals surface area contributed by atoms with Crippen molar-refractivity contribution < 1.29 is 9.90 Å². The van der Waals surface area contributed by atoms with Gasteiger partial charge in [0.1, 0.15) is 11.6 Å². The maximum absolute atomic E-state index is 10.7. The average molecular weight is 287 g/mol. The van der Waals surface area contributed by atoms with E-state index in [4.69, 9.17) is 5.11 Å². The second-order valence-electron chi connectivity index (χ2n) is 5.03. The molecule has 0 aromatic carbocycles. The number of rotatable bonds is 5. The van der Waals surface area contributed by atoms with Gasteiger partial charge in [-0.3, -0.25) is 0 Å². The Balaban J connectivity index is 2.06. The van der Waals surface area contributed by atoms with Gasteiger partial charge >= 0.3 is 5.97 Å². The van der Waals surface area contributed by atoms with Gasteiger partial charge in [-0.1, -0.05) is 13.8 Å². The molecule has 21 heavy (non-hydrogen) atoms. The Morgan fingerprint density at radius 2 is 1.81 bits per heavy atom. The fraction of sp³-hybridized carbons (Fsp3) is 0.357. The number of aromatic nitrogens is 4. The zero-order chi connectivity index (χ0) is 15.4. The standard InChI is InChI=1S/C14H17N5O2/c1-9(2)13-17-4-10(5-18-13)8-19(3)12-7-15-11(6-16-12)14(20)21/h4-7,9H,8H2,1-3H3,(H,20,21). The second-order valence-corrected chi connectivity index (χ2v) is 5.03. The lowest BCUT2D eigenvalue weighted by Crippen LogP contribution is -2.19. The summed E-state index contributed by atoms with van der Waals surface area (Å²) in [5.74, 6) is 0.612. The molecule has 0 aliphatic heterocycles. The Morgan fingerprint density at radius 3 is 2.29 bits per heavy atom. The highest BCUT2D eigenvalue weighted by molar-refractivity contribution is 5.84. The Hall–Kier alpha value is -2.57. The molecular formula is C14H17N5O2. The molecule has 0 aliphatic carbocycles. The predicted molar refractivity (Wildman–Crippen MR) is 77.2 cm³/mol. The number of carbonyl (C=O) groups is 1. The van der Waals surface area contributed by atoms with Crippen molar-refractivity contribution in [2.45, 2.75) is 26.3 Å². The molecule has 0 bridgehead atoms. The molecule has 0 fully saturated rings. The summed E-state index contributed by atoms with van der Waals surface area (Å²) in [6, 6.07) is 0. The summed E-state index contributed by atoms with van der Waals surface area (Å²) in [4.78, 5) is 29.1. The topological polar surface area (TPSA) is 92.1 Å². The zero-order valence-electron chi connectivity index (χ0n) is 12.2. The second kappa shape index (κ2) is 6.25. The van der Waals surface area contributed by atoms with E-state index in [0.29, 0.717) is 18.3 Å². The smallest absolute Gasteiger partial charge is 0.356 e. The van der Waals surface area contributed by atoms with Crippen LogP contribution < -0.4 is 4.90 Å². The maximum Gasteiger partial charge on any atom is 0.356 e. The van der Waals surface area contributed by atoms with Gasteiger partial charge in [-0.2, -0.15) is 0 Å². The number of hydrogen-bond donors (Lipinski definition) is 1. The summed E-state index contributed by atoms with van der Waals surface area (Å²) >= 11 is 0. The van der Waals surface area contributed by atoms with Crippen LogP contribution in [0.3, 0.4) is 0 Å². The summed E-state index contributed by atoms with van der Waals surface area (Å²) in [6.07, 6.45) is 6.26. The zero-order valence-corrected chi connectivity index (χ0v) is 12.2. The largest absolute Gasteiger partial charge is 0.476 e. The number of aromatic carboxylic acids is 1. The summed E-state index contributed by atoms with van der Waals surface area (Å²) < 4.78 is 0. The van der Waals surface area contributed by atoms with Crippen LogP contribution in [-0.2, 0) is 6.54 Å². The van der Waals surface area contributed by atoms with Gasteiger partial charge in [0.25, 0.3) is 0 Å². The minimum Gasteiger partial charge on any atom is -0.476 e. The quantitative estimate of drug-likeness (QED) is 0.895. The van der Waals surface area contributed by atoms with Gasteiger partial charge in [0.15, 0.2) is 5.69 Å². The molecule has 0 radical (unpaired) electrons. The van der Waals surface area contributed by atoms with Crippen LogP contribution in [0.2, 0.25) is 0 Å². The number of anilines is 1. The van der Waals surface area contributed by atoms with E-state index < -0.39 is 5.97 Å². The summed E-state index contributed by atoms with van der Waals surface area (Å²) in [5, 5.41) is 8.79. The molecule has 0 atom stereocenters. The Bertz CT molecular complexity index is 610. The molecule has 0 aliphatic rings. The fourth-order valence-corrected chi connectivity index (χ4v) is 1.73. The Morgan fingerprint density at radius 1 is 1.14 bits per heavy atom. The van der Waals surface area contributed by atoms with E-state index in [1.54, 1.807) is 12.4 Å². The first-order chi connectivity index (χ1) is 9.97. The third-order valence-corrected chi connectivity index (χ3v) is 2.91. The first-order valence-corrected chi connectivity index (χ1v) is 6.54. The van der Waals surface area contributed by atoms with Crippen LogP contribution in [0.1, 0.15) is 41.6 Å². The van der Waals surface area contributed by atoms with Gasteiger partial charge in [0.2, 0.25) is 0 Å². The van der Waals surface area contributed by atoms with Crippen molar-refractivity contribution in [3.8, 4) is 0 Å². The van der Waals surface area contributed by atoms with E-state index in [1.165, 1.54) is 12.4 Å². The van der Waals surface area contributed by atoms with Crippen molar-refractivity contribution in [1.29, 1.82) is 0 Å². The molecule has 0 spiro atoms. The lowest BCUT2D eigenvalue weighted by Gasteiger charge is -2.17. The summed E-state index contributed by atoms with van der Waals surface area (Å²) in [6.45, 7) is 4.65. The average Bonchev–Trinajstić information content (AvgIpc) is 2.47. The van der Waals surface area contributed by atoms with Crippen LogP contribution in [0.25, 0.3) is 0 Å². The molecule has 7 heteroatoms. The number of nitrogens with zero attached hydrogens (tertiary/aromatic N) is 5. The van der Waals surface area contributed by atoms with E-state index in [-0.39, 0.29) is 5.69 Å². The number of hydrogen-bond acceptors (Lipinski definition) is 6. The van der Waals surface area contributed by atoms with Crippen LogP contribution in [-0.4, -0.2) is 38.1 Å². The van der Waals surface area contributed by atoms with E-state index in [9.17, 15) is 4.79 Å². The van der Waals surface area contributed by atoms with Crippen molar-refractivity contribution in [1.82, 2.24) is 19.9 Å². The molecule has 0 unspecified atom stereocenters. The highest BCUT2D eigenvalue weighted by atomic mass is 16.4. The van der Waals surface area contributed by atoms with Crippen LogP contribution in [0.4, 0.5) is 5.82 Å². The molecular weight excluding hydrogens is 270 g/mol. The van der Waals surface area contributed by atoms with Gasteiger partial charge in [-0.25, -0.2) is 24.7 Å². The molecule has 1 N–H and O–H groups in total. The van der Waals surface area contributed by atoms with Gasteiger partial charge in [0.05, 0.1) is 12.4 Å². The Labute approximate surface area is 122 Å². The number of carboxylic acid groups (broad SMARTS) is 1. The van der Waals surface area contributed by atoms with Crippen LogP contribution in [0, 0.1) is 0 Å². The predicted octanol–water partition coefficient (Wildman–Crippen LogP) is 1.72. The highest BCUT2D eigenvalue weighted by Crippen LogP contribution is 2.12. The molecule has 7 nitrogen and oxygen atoms in total. The van der Waals surface area contributed by atoms with Crippen LogP contribution >= 0.6 is 0 Å². The van der Waals surface area contributed by atoms with Crippen molar-refractivity contribution in [3.63, 3.8) is 0 Å². The minimum absolute atomic E-state index is 0.0724. The fourth-order valence-electron chi connectivity index (χ4n) is 1.73. The molecule has 2 aromatic heterocycles.